The third kappa shape index (κ3) is 5.84. The van der Waals surface area contributed by atoms with Crippen molar-refractivity contribution in [1.82, 2.24) is 28.5 Å². The van der Waals surface area contributed by atoms with Crippen LogP contribution in [0.25, 0.3) is 11.2 Å². The number of nitrogens with zero attached hydrogens (tertiary/aromatic N) is 6. The fraction of sp³-hybridized carbons (Fsp3) is 0.542. The number of aromatic nitrogens is 4. The first-order valence-corrected chi connectivity index (χ1v) is 13.4. The van der Waals surface area contributed by atoms with Gasteiger partial charge in [0.05, 0.1) is 26.1 Å². The van der Waals surface area contributed by atoms with E-state index >= 15 is 0 Å². The van der Waals surface area contributed by atoms with Crippen molar-refractivity contribution in [2.45, 2.75) is 24.0 Å². The number of fused-ring (bicyclic) bond motifs is 1. The Hall–Kier alpha value is -2.64. The van der Waals surface area contributed by atoms with E-state index in [1.807, 2.05) is 24.3 Å². The number of methoxy groups -OCH3 is 1. The van der Waals surface area contributed by atoms with Crippen LogP contribution in [0, 0.1) is 0 Å². The number of rotatable bonds is 10. The SMILES string of the molecule is COc1ccc([S+]([O-])CCCN2CCN(CC(O)Cn3c(=O)c4c(ncn4C)n(C)c3=O)CC2)cc1. The lowest BCUT2D eigenvalue weighted by Gasteiger charge is -2.35. The molecule has 2 aromatic heterocycles. The Morgan fingerprint density at radius 1 is 1.08 bits per heavy atom. The summed E-state index contributed by atoms with van der Waals surface area (Å²) in [5.74, 6) is 1.36. The third-order valence-electron chi connectivity index (χ3n) is 6.65. The zero-order valence-corrected chi connectivity index (χ0v) is 21.8. The van der Waals surface area contributed by atoms with Crippen LogP contribution >= 0.6 is 0 Å². The maximum absolute atomic E-state index is 12.9. The molecule has 11 nitrogen and oxygen atoms in total. The van der Waals surface area contributed by atoms with Crippen molar-refractivity contribution in [2.75, 3.05) is 52.1 Å². The predicted molar refractivity (Wildman–Crippen MR) is 138 cm³/mol. The summed E-state index contributed by atoms with van der Waals surface area (Å²) < 4.78 is 21.7. The van der Waals surface area contributed by atoms with Crippen LogP contribution in [-0.2, 0) is 31.8 Å². The summed E-state index contributed by atoms with van der Waals surface area (Å²) in [6.07, 6.45) is 1.49. The molecule has 0 spiro atoms. The van der Waals surface area contributed by atoms with Gasteiger partial charge in [0.2, 0.25) is 0 Å². The van der Waals surface area contributed by atoms with Crippen LogP contribution in [0.2, 0.25) is 0 Å². The second-order valence-electron chi connectivity index (χ2n) is 9.16. The molecule has 0 amide bonds. The predicted octanol–water partition coefficient (Wildman–Crippen LogP) is -0.381. The fourth-order valence-electron chi connectivity index (χ4n) is 4.58. The zero-order chi connectivity index (χ0) is 25.8. The molecule has 196 valence electrons. The maximum atomic E-state index is 12.9. The van der Waals surface area contributed by atoms with Gasteiger partial charge in [-0.3, -0.25) is 18.8 Å². The van der Waals surface area contributed by atoms with E-state index in [1.54, 1.807) is 25.8 Å². The standard InChI is InChI=1S/C24H34N6O5S/c1-26-17-25-22-21(26)23(32)30(24(33)27(22)2)16-18(31)15-29-12-10-28(11-13-29)9-4-14-36(34)20-7-5-19(35-3)6-8-20/h5-8,17-18,31H,4,9-16H2,1-3H3. The van der Waals surface area contributed by atoms with Crippen molar-refractivity contribution < 1.29 is 14.4 Å². The van der Waals surface area contributed by atoms with Crippen LogP contribution in [0.15, 0.2) is 45.1 Å². The summed E-state index contributed by atoms with van der Waals surface area (Å²) >= 11 is -1.03. The van der Waals surface area contributed by atoms with Crippen molar-refractivity contribution >= 4 is 22.3 Å². The molecule has 3 aromatic rings. The molecule has 0 aliphatic carbocycles. The lowest BCUT2D eigenvalue weighted by Crippen LogP contribution is -2.50. The summed E-state index contributed by atoms with van der Waals surface area (Å²) in [7, 11) is 4.89. The van der Waals surface area contributed by atoms with Crippen molar-refractivity contribution in [3.8, 4) is 5.75 Å². The molecule has 1 N–H and O–H groups in total. The Kier molecular flexibility index (Phi) is 8.52. The van der Waals surface area contributed by atoms with E-state index in [2.05, 4.69) is 14.8 Å². The average molecular weight is 519 g/mol. The molecule has 36 heavy (non-hydrogen) atoms. The van der Waals surface area contributed by atoms with Crippen LogP contribution in [0.1, 0.15) is 6.42 Å². The number of hydrogen-bond acceptors (Lipinski definition) is 8. The van der Waals surface area contributed by atoms with Gasteiger partial charge in [-0.15, -0.1) is 0 Å². The number of aryl methyl sites for hydroxylation is 2. The quantitative estimate of drug-likeness (QED) is 0.361. The van der Waals surface area contributed by atoms with Gasteiger partial charge in [0.1, 0.15) is 11.5 Å². The summed E-state index contributed by atoms with van der Waals surface area (Å²) in [5.41, 5.74) is -0.251. The molecule has 12 heteroatoms. The van der Waals surface area contributed by atoms with E-state index in [0.717, 1.165) is 54.4 Å². The smallest absolute Gasteiger partial charge is 0.332 e. The van der Waals surface area contributed by atoms with E-state index in [-0.39, 0.29) is 6.54 Å². The van der Waals surface area contributed by atoms with Crippen molar-refractivity contribution in [3.05, 3.63) is 51.4 Å². The summed E-state index contributed by atoms with van der Waals surface area (Å²) in [5, 5.41) is 10.7. The molecule has 0 saturated carbocycles. The minimum Gasteiger partial charge on any atom is -0.611 e. The van der Waals surface area contributed by atoms with Gasteiger partial charge in [-0.1, -0.05) is 0 Å². The summed E-state index contributed by atoms with van der Waals surface area (Å²) in [6, 6.07) is 7.34. The Morgan fingerprint density at radius 2 is 1.75 bits per heavy atom. The lowest BCUT2D eigenvalue weighted by molar-refractivity contribution is 0.0632. The van der Waals surface area contributed by atoms with Crippen LogP contribution in [-0.4, -0.2) is 96.4 Å². The molecule has 1 aromatic carbocycles. The normalized spacial score (nSPS) is 16.9. The van der Waals surface area contributed by atoms with Crippen molar-refractivity contribution in [1.29, 1.82) is 0 Å². The van der Waals surface area contributed by atoms with Gasteiger partial charge in [0.15, 0.2) is 16.1 Å². The lowest BCUT2D eigenvalue weighted by atomic mass is 10.2. The highest BCUT2D eigenvalue weighted by atomic mass is 32.2. The largest absolute Gasteiger partial charge is 0.611 e. The number of aliphatic hydroxyl groups excluding tert-OH is 1. The highest BCUT2D eigenvalue weighted by Crippen LogP contribution is 2.17. The minimum atomic E-state index is -1.03. The van der Waals surface area contributed by atoms with E-state index in [1.165, 1.54) is 10.9 Å². The first-order chi connectivity index (χ1) is 17.3. The van der Waals surface area contributed by atoms with Gasteiger partial charge in [-0.25, -0.2) is 9.78 Å². The molecular weight excluding hydrogens is 484 g/mol. The number of β-amino-alcohol motifs (C(OH)–C–C–N with tert-alkyl or cyclic N) is 1. The first kappa shape index (κ1) is 26.4. The average Bonchev–Trinajstić information content (AvgIpc) is 3.28. The Bertz CT molecular complexity index is 1280. The fourth-order valence-corrected chi connectivity index (χ4v) is 5.65. The number of imidazole rings is 1. The van der Waals surface area contributed by atoms with Gasteiger partial charge in [-0.05, 0) is 35.4 Å². The monoisotopic (exact) mass is 518 g/mol. The van der Waals surface area contributed by atoms with E-state index < -0.39 is 28.5 Å². The molecule has 0 radical (unpaired) electrons. The first-order valence-electron chi connectivity index (χ1n) is 12.0. The molecule has 1 aliphatic rings. The Morgan fingerprint density at radius 3 is 2.42 bits per heavy atom. The second-order valence-corrected chi connectivity index (χ2v) is 10.7. The Labute approximate surface area is 212 Å². The van der Waals surface area contributed by atoms with E-state index in [9.17, 15) is 19.2 Å². The number of aliphatic hydroxyl groups is 1. The summed E-state index contributed by atoms with van der Waals surface area (Å²) in [4.78, 5) is 34.9. The summed E-state index contributed by atoms with van der Waals surface area (Å²) in [6.45, 7) is 4.46. The molecule has 1 saturated heterocycles. The number of piperazine rings is 1. The number of hydrogen-bond donors (Lipinski definition) is 1. The van der Waals surface area contributed by atoms with Gasteiger partial charge >= 0.3 is 5.69 Å². The number of benzene rings is 1. The van der Waals surface area contributed by atoms with Crippen molar-refractivity contribution in [2.24, 2.45) is 14.1 Å². The highest BCUT2D eigenvalue weighted by Gasteiger charge is 2.22. The number of ether oxygens (including phenoxy) is 1. The van der Waals surface area contributed by atoms with Crippen LogP contribution in [0.4, 0.5) is 0 Å². The van der Waals surface area contributed by atoms with Gasteiger partial charge in [0.25, 0.3) is 5.56 Å². The van der Waals surface area contributed by atoms with Gasteiger partial charge in [-0.2, -0.15) is 0 Å². The molecule has 4 rings (SSSR count). The second kappa shape index (κ2) is 11.6. The molecular formula is C24H34N6O5S. The van der Waals surface area contributed by atoms with Crippen LogP contribution < -0.4 is 16.0 Å². The van der Waals surface area contributed by atoms with E-state index in [4.69, 9.17) is 4.74 Å². The van der Waals surface area contributed by atoms with Gasteiger partial charge < -0.3 is 23.9 Å². The maximum Gasteiger partial charge on any atom is 0.332 e. The topological polar surface area (TPSA) is 121 Å². The molecule has 2 atom stereocenters. The molecule has 1 aliphatic heterocycles. The zero-order valence-electron chi connectivity index (χ0n) is 21.0. The van der Waals surface area contributed by atoms with Crippen LogP contribution in [0.3, 0.4) is 0 Å². The Balaban J connectivity index is 1.23. The van der Waals surface area contributed by atoms with Gasteiger partial charge in [0, 0.05) is 59.8 Å². The molecule has 0 bridgehead atoms. The van der Waals surface area contributed by atoms with Crippen LogP contribution in [0.5, 0.6) is 5.75 Å². The third-order valence-corrected chi connectivity index (χ3v) is 8.11. The van der Waals surface area contributed by atoms with E-state index in [0.29, 0.717) is 23.5 Å². The van der Waals surface area contributed by atoms with Crippen molar-refractivity contribution in [3.63, 3.8) is 0 Å². The minimum absolute atomic E-state index is 0.0655. The molecule has 1 fully saturated rings. The molecule has 3 heterocycles. The molecule has 2 unspecified atom stereocenters. The highest BCUT2D eigenvalue weighted by molar-refractivity contribution is 7.91.